The summed E-state index contributed by atoms with van der Waals surface area (Å²) in [6.07, 6.45) is 5.90. The second-order valence-electron chi connectivity index (χ2n) is 27.3. The normalized spacial score (nSPS) is 19.1. The number of benzene rings is 3. The summed E-state index contributed by atoms with van der Waals surface area (Å²) in [7, 11) is -5.87. The van der Waals surface area contributed by atoms with Gasteiger partial charge in [-0.3, -0.25) is 42.9 Å². The fourth-order valence-electron chi connectivity index (χ4n) is 12.5. The van der Waals surface area contributed by atoms with Crippen LogP contribution >= 0.6 is 30.3 Å². The van der Waals surface area contributed by atoms with Crippen molar-refractivity contribution in [2.75, 3.05) is 45.8 Å². The molecule has 8 amide bonds. The van der Waals surface area contributed by atoms with E-state index in [0.717, 1.165) is 89.3 Å². The summed E-state index contributed by atoms with van der Waals surface area (Å²) in [4.78, 5) is 142. The molecule has 4 unspecified atom stereocenters. The number of fused-ring (bicyclic) bond motifs is 1. The first-order valence-corrected chi connectivity index (χ1v) is 35.7. The number of aromatic nitrogens is 1. The maximum absolute atomic E-state index is 14.9. The Hall–Kier alpha value is -7.02. The Morgan fingerprint density at radius 3 is 2.02 bits per heavy atom. The Morgan fingerprint density at radius 2 is 1.37 bits per heavy atom. The number of carbonyl (C=O) groups is 8. The van der Waals surface area contributed by atoms with E-state index < -0.39 is 95.9 Å². The van der Waals surface area contributed by atoms with Crippen LogP contribution in [0.25, 0.3) is 20.5 Å². The number of rotatable bonds is 25. The molecule has 0 aliphatic carbocycles. The monoisotopic (exact) mass is 1360 g/mol. The summed E-state index contributed by atoms with van der Waals surface area (Å²) in [6.45, 7) is 15.4. The van der Waals surface area contributed by atoms with Gasteiger partial charge in [-0.1, -0.05) is 134 Å². The topological polar surface area (TPSA) is 288 Å². The van der Waals surface area contributed by atoms with E-state index in [1.807, 2.05) is 89.2 Å². The third-order valence-electron chi connectivity index (χ3n) is 17.9. The van der Waals surface area contributed by atoms with Crippen LogP contribution in [0.2, 0.25) is 0 Å². The number of nitrogens with zero attached hydrogens (tertiary/aromatic N) is 5. The van der Waals surface area contributed by atoms with Gasteiger partial charge in [0.05, 0.1) is 39.6 Å². The lowest BCUT2D eigenvalue weighted by Crippen LogP contribution is -2.66. The van der Waals surface area contributed by atoms with Gasteiger partial charge in [0.25, 0.3) is 5.91 Å². The fraction of sp³-hybridized carbons (Fsp3) is 0.544. The number of likely N-dealkylation sites (tertiary alicyclic amines) is 2. The number of hydrogen-bond acceptors (Lipinski definition) is 13. The summed E-state index contributed by atoms with van der Waals surface area (Å²) >= 11 is 2.50. The molecule has 3 aliphatic rings. The summed E-state index contributed by atoms with van der Waals surface area (Å²) in [5.74, 6) is -3.74. The van der Waals surface area contributed by atoms with Gasteiger partial charge >= 0.3 is 13.3 Å². The molecule has 3 aliphatic heterocycles. The molecule has 2 aromatic heterocycles. The van der Waals surface area contributed by atoms with Crippen molar-refractivity contribution >= 4 is 87.6 Å². The molecular formula is C68H90F2N9O12PS2. The highest BCUT2D eigenvalue weighted by molar-refractivity contribution is 7.52. The lowest BCUT2D eigenvalue weighted by molar-refractivity contribution is -0.155. The number of halogens is 2. The van der Waals surface area contributed by atoms with Crippen molar-refractivity contribution in [1.29, 1.82) is 0 Å². The molecular weight excluding hydrogens is 1270 g/mol. The second-order valence-corrected chi connectivity index (χ2v) is 30.9. The van der Waals surface area contributed by atoms with Gasteiger partial charge in [0, 0.05) is 68.3 Å². The Morgan fingerprint density at radius 1 is 0.723 bits per heavy atom. The molecule has 94 heavy (non-hydrogen) atoms. The van der Waals surface area contributed by atoms with Crippen LogP contribution in [0.3, 0.4) is 0 Å². The average Bonchev–Trinajstić information content (AvgIpc) is 1.31. The van der Waals surface area contributed by atoms with E-state index in [9.17, 15) is 66.6 Å². The van der Waals surface area contributed by atoms with E-state index in [-0.39, 0.29) is 79.0 Å². The third kappa shape index (κ3) is 18.3. The van der Waals surface area contributed by atoms with Gasteiger partial charge in [0.1, 0.15) is 30.6 Å². The number of aliphatic hydroxyl groups excluding tert-OH is 1. The maximum atomic E-state index is 14.9. The minimum atomic E-state index is -5.87. The highest BCUT2D eigenvalue weighted by atomic mass is 32.1. The molecule has 3 fully saturated rings. The molecule has 7 atom stereocenters. The molecule has 7 N–H and O–H groups in total. The van der Waals surface area contributed by atoms with Crippen molar-refractivity contribution in [3.8, 4) is 10.4 Å². The van der Waals surface area contributed by atoms with Crippen LogP contribution in [-0.4, -0.2) is 163 Å². The standard InChI is InChI=1S/C68H90F2N9O12PS2/c1-42(44-24-26-46(27-25-44)58-43(2)72-41-93-58)73-61(84)51-36-50(80)39-79(51)65(88)59(66(3,4)5)74-55(81)23-17-12-10-9-11-13-18-30-71-56(82)37-57(83)76-32-33-78(52(40-76)63(86)77-31-19-22-47(38-77)45-20-15-14-16-21-45)64(87)60(67(6,7)8)75-62(85)54-35-48-34-49(28-29-53(48)94-54)68(69,70)92(89,90)91/h14-16,20-21,24-29,34-35,41-42,47,50-52,59-60,80H,9-13,17-19,22-23,30-33,36-40H2,1-8H3,(H,71,82)(H,73,84)(H,74,81)(H,75,85)(H2,89,90,91)/t42-,47?,50+,51-,52?,59?,60?/m0/s1. The molecule has 0 spiro atoms. The van der Waals surface area contributed by atoms with Gasteiger partial charge in [-0.15, -0.1) is 22.7 Å². The minimum absolute atomic E-state index is 0.00232. The number of carbonyl (C=O) groups excluding carboxylic acids is 8. The molecule has 0 radical (unpaired) electrons. The lowest BCUT2D eigenvalue weighted by Gasteiger charge is -2.45. The van der Waals surface area contributed by atoms with Crippen LogP contribution in [0.1, 0.15) is 170 Å². The van der Waals surface area contributed by atoms with Crippen molar-refractivity contribution in [2.24, 2.45) is 10.8 Å². The van der Waals surface area contributed by atoms with Gasteiger partial charge in [-0.25, -0.2) is 4.98 Å². The molecule has 3 saturated heterocycles. The third-order valence-corrected chi connectivity index (χ3v) is 21.0. The molecule has 8 rings (SSSR count). The number of alkyl halides is 2. The Labute approximate surface area is 556 Å². The van der Waals surface area contributed by atoms with Gasteiger partial charge in [-0.05, 0) is 90.6 Å². The number of thiophene rings is 1. The van der Waals surface area contributed by atoms with Gasteiger partial charge in [-0.2, -0.15) is 8.78 Å². The number of thiazole rings is 1. The molecule has 26 heteroatoms. The molecule has 0 saturated carbocycles. The number of aryl methyl sites for hydroxylation is 1. The zero-order valence-corrected chi connectivity index (χ0v) is 57.4. The first-order chi connectivity index (χ1) is 44.3. The molecule has 21 nitrogen and oxygen atoms in total. The fourth-order valence-corrected chi connectivity index (χ4v) is 14.7. The number of β-amino-alcohol motifs (C(OH)–C–C–N with tert-alkyl or cyclic N) is 1. The van der Waals surface area contributed by atoms with E-state index in [0.29, 0.717) is 43.6 Å². The molecule has 510 valence electrons. The summed E-state index contributed by atoms with van der Waals surface area (Å²) in [5.41, 5.74) is -1.31. The van der Waals surface area contributed by atoms with Crippen LogP contribution in [0.15, 0.2) is 84.4 Å². The maximum Gasteiger partial charge on any atom is 0.399 e. The van der Waals surface area contributed by atoms with Crippen molar-refractivity contribution in [3.05, 3.63) is 112 Å². The SMILES string of the molecule is Cc1ncsc1-c1ccc([C@H](C)NC(=O)[C@@H]2C[C@@H](O)CN2C(=O)C(NC(=O)CCCCCCCCCNC(=O)CC(=O)N2CCN(C(=O)C(NC(=O)c3cc4cc(C(F)(F)P(=O)(O)O)ccc4s3)C(C)(C)C)C(C(=O)N3CCCC(c4ccccc4)C3)C2)C(C)(C)C)cc1. The van der Waals surface area contributed by atoms with E-state index in [4.69, 9.17) is 0 Å². The summed E-state index contributed by atoms with van der Waals surface area (Å²) in [6, 6.07) is 17.4. The minimum Gasteiger partial charge on any atom is -0.391 e. The summed E-state index contributed by atoms with van der Waals surface area (Å²) in [5, 5.41) is 22.5. The summed E-state index contributed by atoms with van der Waals surface area (Å²) < 4.78 is 41.3. The van der Waals surface area contributed by atoms with E-state index in [1.54, 1.807) is 42.5 Å². The highest BCUT2D eigenvalue weighted by Crippen LogP contribution is 2.59. The van der Waals surface area contributed by atoms with Crippen LogP contribution in [-0.2, 0) is 43.8 Å². The first-order valence-electron chi connectivity index (χ1n) is 32.4. The van der Waals surface area contributed by atoms with Gasteiger partial charge in [0.2, 0.25) is 41.4 Å². The van der Waals surface area contributed by atoms with Crippen LogP contribution in [0.5, 0.6) is 0 Å². The van der Waals surface area contributed by atoms with Gasteiger partial charge < -0.3 is 55.8 Å². The number of aliphatic hydroxyl groups is 1. The van der Waals surface area contributed by atoms with Crippen molar-refractivity contribution < 1.29 is 66.6 Å². The number of unbranched alkanes of at least 4 members (excludes halogenated alkanes) is 6. The van der Waals surface area contributed by atoms with Crippen LogP contribution in [0, 0.1) is 17.8 Å². The Kier molecular flexibility index (Phi) is 24.2. The van der Waals surface area contributed by atoms with E-state index in [1.165, 1.54) is 26.8 Å². The largest absolute Gasteiger partial charge is 0.399 e. The van der Waals surface area contributed by atoms with Crippen LogP contribution < -0.4 is 21.3 Å². The van der Waals surface area contributed by atoms with Crippen molar-refractivity contribution in [2.45, 2.75) is 180 Å². The zero-order valence-electron chi connectivity index (χ0n) is 54.8. The quantitative estimate of drug-likeness (QED) is 0.0163. The highest BCUT2D eigenvalue weighted by Gasteiger charge is 2.51. The zero-order chi connectivity index (χ0) is 68.5. The van der Waals surface area contributed by atoms with Gasteiger partial charge in [0.15, 0.2) is 0 Å². The van der Waals surface area contributed by atoms with Crippen molar-refractivity contribution in [3.63, 3.8) is 0 Å². The number of piperazine rings is 1. The Bertz CT molecular complexity index is 3570. The van der Waals surface area contributed by atoms with E-state index >= 15 is 0 Å². The van der Waals surface area contributed by atoms with Crippen molar-refractivity contribution in [1.82, 2.24) is 45.9 Å². The number of piperidine rings is 1. The molecule has 5 aromatic rings. The smallest absolute Gasteiger partial charge is 0.391 e. The predicted molar refractivity (Wildman–Crippen MR) is 356 cm³/mol. The molecule has 5 heterocycles. The number of hydrogen-bond donors (Lipinski definition) is 7. The van der Waals surface area contributed by atoms with E-state index in [2.05, 4.69) is 26.3 Å². The predicted octanol–water partition coefficient (Wildman–Crippen LogP) is 9.15. The molecule has 0 bridgehead atoms. The lowest BCUT2D eigenvalue weighted by atomic mass is 9.85. The average molecular weight is 1360 g/mol. The number of amides is 8. The Balaban J connectivity index is 0.782. The number of nitrogens with one attached hydrogen (secondary N) is 4. The second kappa shape index (κ2) is 31.2. The molecule has 3 aromatic carbocycles. The van der Waals surface area contributed by atoms with Crippen LogP contribution in [0.4, 0.5) is 8.78 Å². The first kappa shape index (κ1) is 72.8.